The Morgan fingerprint density at radius 3 is 2.55 bits per heavy atom. The third-order valence-electron chi connectivity index (χ3n) is 4.80. The Balaban J connectivity index is 0.00000242. The average Bonchev–Trinajstić information content (AvgIpc) is 2.49. The molecule has 2 atom stereocenters. The number of nitrogens with one attached hydrogen (secondary N) is 1. The van der Waals surface area contributed by atoms with Gasteiger partial charge in [-0.2, -0.15) is 0 Å². The summed E-state index contributed by atoms with van der Waals surface area (Å²) in [6, 6.07) is 0. The molecule has 0 aliphatic carbocycles. The molecule has 0 aromatic rings. The first-order valence-corrected chi connectivity index (χ1v) is 8.87. The maximum Gasteiger partial charge on any atom is 0.193 e. The lowest BCUT2D eigenvalue weighted by Crippen LogP contribution is -2.48. The van der Waals surface area contributed by atoms with Crippen LogP contribution in [0.2, 0.25) is 0 Å². The third kappa shape index (κ3) is 6.60. The molecule has 0 bridgehead atoms. The standard InChI is InChI=1S/C17H34N4.HI/c1-15-8-7-11-21(14-15)17(18-3)19-12-16(2)13-20-9-5-4-6-10-20;/h15-16H,4-14H2,1-3H3,(H,18,19);1H. The predicted octanol–water partition coefficient (Wildman–Crippen LogP) is 3.03. The summed E-state index contributed by atoms with van der Waals surface area (Å²) in [5.41, 5.74) is 0. The van der Waals surface area contributed by atoms with Crippen LogP contribution in [0.4, 0.5) is 0 Å². The van der Waals surface area contributed by atoms with Gasteiger partial charge in [-0.1, -0.05) is 20.3 Å². The molecule has 2 heterocycles. The summed E-state index contributed by atoms with van der Waals surface area (Å²) >= 11 is 0. The van der Waals surface area contributed by atoms with Crippen molar-refractivity contribution in [3.8, 4) is 0 Å². The molecule has 2 fully saturated rings. The molecule has 2 rings (SSSR count). The summed E-state index contributed by atoms with van der Waals surface area (Å²) in [7, 11) is 1.91. The van der Waals surface area contributed by atoms with Gasteiger partial charge in [-0.25, -0.2) is 0 Å². The largest absolute Gasteiger partial charge is 0.356 e. The van der Waals surface area contributed by atoms with Crippen molar-refractivity contribution in [2.45, 2.75) is 46.0 Å². The van der Waals surface area contributed by atoms with Crippen LogP contribution in [0, 0.1) is 11.8 Å². The third-order valence-corrected chi connectivity index (χ3v) is 4.80. The molecule has 0 radical (unpaired) electrons. The van der Waals surface area contributed by atoms with E-state index >= 15 is 0 Å². The molecule has 0 amide bonds. The summed E-state index contributed by atoms with van der Waals surface area (Å²) in [5.74, 6) is 2.58. The van der Waals surface area contributed by atoms with Gasteiger partial charge in [-0.3, -0.25) is 4.99 Å². The summed E-state index contributed by atoms with van der Waals surface area (Å²) in [4.78, 5) is 9.54. The van der Waals surface area contributed by atoms with Gasteiger partial charge in [-0.05, 0) is 50.6 Å². The van der Waals surface area contributed by atoms with Crippen LogP contribution in [0.25, 0.3) is 0 Å². The fourth-order valence-corrected chi connectivity index (χ4v) is 3.63. The molecule has 22 heavy (non-hydrogen) atoms. The van der Waals surface area contributed by atoms with Gasteiger partial charge < -0.3 is 15.1 Å². The van der Waals surface area contributed by atoms with Crippen molar-refractivity contribution < 1.29 is 0 Å². The quantitative estimate of drug-likeness (QED) is 0.429. The molecule has 5 heteroatoms. The van der Waals surface area contributed by atoms with Gasteiger partial charge in [0.2, 0.25) is 0 Å². The zero-order chi connectivity index (χ0) is 15.1. The lowest BCUT2D eigenvalue weighted by Gasteiger charge is -2.34. The first-order valence-electron chi connectivity index (χ1n) is 8.87. The van der Waals surface area contributed by atoms with Gasteiger partial charge in [0.1, 0.15) is 0 Å². The fourth-order valence-electron chi connectivity index (χ4n) is 3.63. The van der Waals surface area contributed by atoms with E-state index in [0.717, 1.165) is 31.5 Å². The van der Waals surface area contributed by atoms with Crippen LogP contribution in [0.5, 0.6) is 0 Å². The summed E-state index contributed by atoms with van der Waals surface area (Å²) in [6.07, 6.45) is 6.84. The van der Waals surface area contributed by atoms with Crippen molar-refractivity contribution in [1.82, 2.24) is 15.1 Å². The van der Waals surface area contributed by atoms with Crippen LogP contribution in [0.1, 0.15) is 46.0 Å². The number of likely N-dealkylation sites (tertiary alicyclic amines) is 2. The van der Waals surface area contributed by atoms with E-state index in [2.05, 4.69) is 34.0 Å². The van der Waals surface area contributed by atoms with Crippen LogP contribution in [0.15, 0.2) is 4.99 Å². The van der Waals surface area contributed by atoms with E-state index in [1.165, 1.54) is 51.7 Å². The smallest absolute Gasteiger partial charge is 0.193 e. The molecule has 0 spiro atoms. The van der Waals surface area contributed by atoms with E-state index in [1.807, 2.05) is 7.05 Å². The van der Waals surface area contributed by atoms with E-state index in [0.29, 0.717) is 5.92 Å². The Hall–Kier alpha value is -0.0400. The average molecular weight is 422 g/mol. The van der Waals surface area contributed by atoms with E-state index in [4.69, 9.17) is 0 Å². The molecule has 0 aromatic carbocycles. The van der Waals surface area contributed by atoms with Gasteiger partial charge in [0.25, 0.3) is 0 Å². The molecule has 2 aliphatic rings. The molecule has 130 valence electrons. The number of piperidine rings is 2. The van der Waals surface area contributed by atoms with Crippen LogP contribution in [-0.2, 0) is 0 Å². The first kappa shape index (κ1) is 20.0. The van der Waals surface area contributed by atoms with E-state index < -0.39 is 0 Å². The van der Waals surface area contributed by atoms with Gasteiger partial charge in [0.05, 0.1) is 0 Å². The topological polar surface area (TPSA) is 30.9 Å². The predicted molar refractivity (Wildman–Crippen MR) is 106 cm³/mol. The lowest BCUT2D eigenvalue weighted by atomic mass is 10.0. The zero-order valence-corrected chi connectivity index (χ0v) is 17.0. The number of hydrogen-bond acceptors (Lipinski definition) is 2. The van der Waals surface area contributed by atoms with Crippen molar-refractivity contribution in [3.63, 3.8) is 0 Å². The molecule has 0 aromatic heterocycles. The van der Waals surface area contributed by atoms with E-state index in [-0.39, 0.29) is 24.0 Å². The van der Waals surface area contributed by atoms with Crippen LogP contribution < -0.4 is 5.32 Å². The molecule has 4 nitrogen and oxygen atoms in total. The van der Waals surface area contributed by atoms with E-state index in [1.54, 1.807) is 0 Å². The Labute approximate surface area is 154 Å². The van der Waals surface area contributed by atoms with Crippen LogP contribution in [0.3, 0.4) is 0 Å². The second kappa shape index (κ2) is 10.7. The molecule has 0 saturated carbocycles. The highest BCUT2D eigenvalue weighted by Crippen LogP contribution is 2.15. The first-order chi connectivity index (χ1) is 10.2. The van der Waals surface area contributed by atoms with Crippen molar-refractivity contribution in [3.05, 3.63) is 0 Å². The zero-order valence-electron chi connectivity index (χ0n) is 14.7. The Morgan fingerprint density at radius 1 is 1.18 bits per heavy atom. The van der Waals surface area contributed by atoms with Gasteiger partial charge in [-0.15, -0.1) is 24.0 Å². The van der Waals surface area contributed by atoms with E-state index in [9.17, 15) is 0 Å². The summed E-state index contributed by atoms with van der Waals surface area (Å²) < 4.78 is 0. The molecular weight excluding hydrogens is 387 g/mol. The molecule has 2 saturated heterocycles. The Kier molecular flexibility index (Phi) is 9.71. The normalized spacial score (nSPS) is 25.5. The number of nitrogens with zero attached hydrogens (tertiary/aromatic N) is 3. The highest BCUT2D eigenvalue weighted by atomic mass is 127. The minimum atomic E-state index is 0. The summed E-state index contributed by atoms with van der Waals surface area (Å²) in [6.45, 7) is 11.9. The number of rotatable bonds is 4. The van der Waals surface area contributed by atoms with Gasteiger partial charge >= 0.3 is 0 Å². The van der Waals surface area contributed by atoms with Crippen LogP contribution in [-0.4, -0.2) is 62.1 Å². The molecular formula is C17H35IN4. The number of hydrogen-bond donors (Lipinski definition) is 1. The second-order valence-electron chi connectivity index (χ2n) is 7.09. The fraction of sp³-hybridized carbons (Fsp3) is 0.941. The Morgan fingerprint density at radius 2 is 1.91 bits per heavy atom. The number of halogens is 1. The minimum Gasteiger partial charge on any atom is -0.356 e. The molecule has 2 unspecified atom stereocenters. The number of guanidine groups is 1. The monoisotopic (exact) mass is 422 g/mol. The SMILES string of the molecule is CN=C(NCC(C)CN1CCCCC1)N1CCCC(C)C1.I. The maximum absolute atomic E-state index is 4.48. The second-order valence-corrected chi connectivity index (χ2v) is 7.09. The van der Waals surface area contributed by atoms with Crippen molar-refractivity contribution in [2.75, 3.05) is 46.3 Å². The minimum absolute atomic E-state index is 0. The lowest BCUT2D eigenvalue weighted by molar-refractivity contribution is 0.199. The highest BCUT2D eigenvalue weighted by molar-refractivity contribution is 14.0. The molecule has 1 N–H and O–H groups in total. The van der Waals surface area contributed by atoms with Crippen molar-refractivity contribution in [2.24, 2.45) is 16.8 Å². The Bertz CT molecular complexity index is 329. The number of aliphatic imine (C=N–C) groups is 1. The van der Waals surface area contributed by atoms with Gasteiger partial charge in [0.15, 0.2) is 5.96 Å². The van der Waals surface area contributed by atoms with Crippen molar-refractivity contribution in [1.29, 1.82) is 0 Å². The maximum atomic E-state index is 4.48. The van der Waals surface area contributed by atoms with Gasteiger partial charge in [0, 0.05) is 33.2 Å². The molecule has 2 aliphatic heterocycles. The van der Waals surface area contributed by atoms with Crippen molar-refractivity contribution >= 4 is 29.9 Å². The van der Waals surface area contributed by atoms with Crippen LogP contribution >= 0.6 is 24.0 Å². The highest BCUT2D eigenvalue weighted by Gasteiger charge is 2.20. The summed E-state index contributed by atoms with van der Waals surface area (Å²) in [5, 5.41) is 3.60.